The van der Waals surface area contributed by atoms with Crippen LogP contribution >= 0.6 is 23.5 Å². The molecule has 0 aliphatic carbocycles. The van der Waals surface area contributed by atoms with E-state index in [1.54, 1.807) is 0 Å². The molecule has 3 nitrogen and oxygen atoms in total. The minimum absolute atomic E-state index is 0.256. The van der Waals surface area contributed by atoms with Crippen LogP contribution in [0.3, 0.4) is 0 Å². The maximum Gasteiger partial charge on any atom is 0.0558 e. The molecule has 0 aromatic heterocycles. The monoisotopic (exact) mass is 250 g/mol. The molecule has 1 heterocycles. The zero-order valence-corrected chi connectivity index (χ0v) is 11.1. The molecule has 0 amide bonds. The van der Waals surface area contributed by atoms with Crippen molar-refractivity contribution in [2.75, 3.05) is 56.3 Å². The molecule has 15 heavy (non-hydrogen) atoms. The number of hydrogen-bond donors (Lipinski definition) is 2. The summed E-state index contributed by atoms with van der Waals surface area (Å²) in [5.41, 5.74) is 0. The van der Waals surface area contributed by atoms with Crippen molar-refractivity contribution in [1.82, 2.24) is 10.2 Å². The van der Waals surface area contributed by atoms with E-state index in [-0.39, 0.29) is 6.61 Å². The average molecular weight is 250 g/mol. The van der Waals surface area contributed by atoms with E-state index in [4.69, 9.17) is 5.11 Å². The lowest BCUT2D eigenvalue weighted by molar-refractivity contribution is 0.221. The quantitative estimate of drug-likeness (QED) is 0.711. The highest BCUT2D eigenvalue weighted by Crippen LogP contribution is 2.16. The van der Waals surface area contributed by atoms with Crippen LogP contribution in [-0.4, -0.2) is 72.3 Å². The molecule has 1 aliphatic rings. The van der Waals surface area contributed by atoms with E-state index in [0.29, 0.717) is 6.04 Å². The fourth-order valence-corrected chi connectivity index (χ4v) is 3.94. The Bertz CT molecular complexity index is 152. The van der Waals surface area contributed by atoms with Crippen molar-refractivity contribution in [2.24, 2.45) is 0 Å². The maximum absolute atomic E-state index is 8.75. The summed E-state index contributed by atoms with van der Waals surface area (Å²) >= 11 is 4.11. The molecule has 1 fully saturated rings. The smallest absolute Gasteiger partial charge is 0.0558 e. The molecule has 0 atom stereocenters. The lowest BCUT2D eigenvalue weighted by Crippen LogP contribution is -2.39. The Morgan fingerprint density at radius 3 is 2.53 bits per heavy atom. The Balaban J connectivity index is 2.02. The molecule has 0 radical (unpaired) electrons. The van der Waals surface area contributed by atoms with E-state index < -0.39 is 0 Å². The second-order valence-corrected chi connectivity index (χ2v) is 6.13. The van der Waals surface area contributed by atoms with Crippen LogP contribution < -0.4 is 5.32 Å². The Kier molecular flexibility index (Phi) is 7.91. The SMILES string of the molecule is CN(CCO)CCNC1CSCCSC1. The van der Waals surface area contributed by atoms with Crippen molar-refractivity contribution in [3.63, 3.8) is 0 Å². The first-order chi connectivity index (χ1) is 7.33. The Labute approximate surface area is 101 Å². The zero-order valence-electron chi connectivity index (χ0n) is 9.45. The van der Waals surface area contributed by atoms with Crippen molar-refractivity contribution in [3.8, 4) is 0 Å². The summed E-state index contributed by atoms with van der Waals surface area (Å²) in [7, 11) is 2.05. The van der Waals surface area contributed by atoms with Crippen molar-refractivity contribution in [2.45, 2.75) is 6.04 Å². The molecular formula is C10H22N2OS2. The van der Waals surface area contributed by atoms with Gasteiger partial charge in [0.25, 0.3) is 0 Å². The van der Waals surface area contributed by atoms with Gasteiger partial charge in [-0.2, -0.15) is 23.5 Å². The molecule has 0 aromatic carbocycles. The maximum atomic E-state index is 8.75. The number of aliphatic hydroxyl groups excluding tert-OH is 1. The van der Waals surface area contributed by atoms with Crippen LogP contribution in [0.2, 0.25) is 0 Å². The number of nitrogens with one attached hydrogen (secondary N) is 1. The van der Waals surface area contributed by atoms with E-state index in [1.165, 1.54) is 23.0 Å². The van der Waals surface area contributed by atoms with Crippen molar-refractivity contribution in [1.29, 1.82) is 0 Å². The highest BCUT2D eigenvalue weighted by Gasteiger charge is 2.11. The highest BCUT2D eigenvalue weighted by molar-refractivity contribution is 8.03. The van der Waals surface area contributed by atoms with Crippen molar-refractivity contribution < 1.29 is 5.11 Å². The van der Waals surface area contributed by atoms with Gasteiger partial charge in [-0.15, -0.1) is 0 Å². The fraction of sp³-hybridized carbons (Fsp3) is 1.00. The number of thioether (sulfide) groups is 2. The summed E-state index contributed by atoms with van der Waals surface area (Å²) in [6.07, 6.45) is 0. The molecule has 1 rings (SSSR count). The molecule has 2 N–H and O–H groups in total. The van der Waals surface area contributed by atoms with E-state index in [9.17, 15) is 0 Å². The second-order valence-electron chi connectivity index (χ2n) is 3.83. The summed E-state index contributed by atoms with van der Waals surface area (Å²) < 4.78 is 0. The van der Waals surface area contributed by atoms with Gasteiger partial charge in [-0.05, 0) is 7.05 Å². The molecule has 0 saturated carbocycles. The third kappa shape index (κ3) is 6.68. The van der Waals surface area contributed by atoms with Gasteiger partial charge in [-0.25, -0.2) is 0 Å². The van der Waals surface area contributed by atoms with Crippen LogP contribution in [-0.2, 0) is 0 Å². The summed E-state index contributed by atoms with van der Waals surface area (Å²) in [4.78, 5) is 2.16. The average Bonchev–Trinajstić information content (AvgIpc) is 2.47. The van der Waals surface area contributed by atoms with Crippen LogP contribution in [0.4, 0.5) is 0 Å². The topological polar surface area (TPSA) is 35.5 Å². The van der Waals surface area contributed by atoms with Crippen molar-refractivity contribution >= 4 is 23.5 Å². The van der Waals surface area contributed by atoms with Gasteiger partial charge in [-0.1, -0.05) is 0 Å². The molecular weight excluding hydrogens is 228 g/mol. The van der Waals surface area contributed by atoms with Gasteiger partial charge >= 0.3 is 0 Å². The van der Waals surface area contributed by atoms with Gasteiger partial charge in [-0.3, -0.25) is 0 Å². The van der Waals surface area contributed by atoms with Crippen LogP contribution in [0, 0.1) is 0 Å². The van der Waals surface area contributed by atoms with Crippen LogP contribution in [0.25, 0.3) is 0 Å². The van der Waals surface area contributed by atoms with Gasteiger partial charge in [0.05, 0.1) is 6.61 Å². The normalized spacial score (nSPS) is 19.4. The zero-order chi connectivity index (χ0) is 10.9. The van der Waals surface area contributed by atoms with Gasteiger partial charge in [0, 0.05) is 48.7 Å². The van der Waals surface area contributed by atoms with E-state index in [1.807, 2.05) is 0 Å². The molecule has 0 aromatic rings. The third-order valence-electron chi connectivity index (χ3n) is 2.42. The van der Waals surface area contributed by atoms with Crippen LogP contribution in [0.15, 0.2) is 0 Å². The van der Waals surface area contributed by atoms with E-state index in [0.717, 1.165) is 19.6 Å². The number of nitrogens with zero attached hydrogens (tertiary/aromatic N) is 1. The van der Waals surface area contributed by atoms with Gasteiger partial charge < -0.3 is 15.3 Å². The first kappa shape index (κ1) is 13.6. The van der Waals surface area contributed by atoms with Gasteiger partial charge in [0.1, 0.15) is 0 Å². The molecule has 5 heteroatoms. The van der Waals surface area contributed by atoms with Gasteiger partial charge in [0.15, 0.2) is 0 Å². The first-order valence-electron chi connectivity index (χ1n) is 5.51. The lowest BCUT2D eigenvalue weighted by Gasteiger charge is -2.19. The minimum atomic E-state index is 0.256. The molecule has 90 valence electrons. The largest absolute Gasteiger partial charge is 0.395 e. The fourth-order valence-electron chi connectivity index (χ4n) is 1.48. The van der Waals surface area contributed by atoms with E-state index >= 15 is 0 Å². The highest BCUT2D eigenvalue weighted by atomic mass is 32.2. The number of hydrogen-bond acceptors (Lipinski definition) is 5. The number of rotatable bonds is 6. The Hall–Kier alpha value is 0.580. The van der Waals surface area contributed by atoms with Crippen LogP contribution in [0.5, 0.6) is 0 Å². The summed E-state index contributed by atoms with van der Waals surface area (Å²) in [6, 6.07) is 0.671. The number of aliphatic hydroxyl groups is 1. The summed E-state index contributed by atoms with van der Waals surface area (Å²) in [5, 5.41) is 12.3. The lowest BCUT2D eigenvalue weighted by atomic mass is 10.4. The predicted octanol–water partition coefficient (Wildman–Crippen LogP) is 0.349. The number of likely N-dealkylation sites (N-methyl/N-ethyl adjacent to an activating group) is 1. The predicted molar refractivity (Wildman–Crippen MR) is 71.0 cm³/mol. The minimum Gasteiger partial charge on any atom is -0.395 e. The molecule has 0 spiro atoms. The van der Waals surface area contributed by atoms with E-state index in [2.05, 4.69) is 40.8 Å². The Morgan fingerprint density at radius 2 is 1.93 bits per heavy atom. The summed E-state index contributed by atoms with van der Waals surface area (Å²) in [5.74, 6) is 5.09. The first-order valence-corrected chi connectivity index (χ1v) is 7.82. The Morgan fingerprint density at radius 1 is 1.27 bits per heavy atom. The second kappa shape index (κ2) is 8.70. The summed E-state index contributed by atoms with van der Waals surface area (Å²) in [6.45, 7) is 3.08. The standard InChI is InChI=1S/C10H22N2OS2/c1-12(4-5-13)3-2-11-10-8-14-6-7-15-9-10/h10-11,13H,2-9H2,1H3. The van der Waals surface area contributed by atoms with Gasteiger partial charge in [0.2, 0.25) is 0 Å². The molecule has 0 unspecified atom stereocenters. The third-order valence-corrected chi connectivity index (χ3v) is 4.94. The van der Waals surface area contributed by atoms with Crippen molar-refractivity contribution in [3.05, 3.63) is 0 Å². The molecule has 0 bridgehead atoms. The molecule has 1 saturated heterocycles. The van der Waals surface area contributed by atoms with Crippen LogP contribution in [0.1, 0.15) is 0 Å². The molecule has 1 aliphatic heterocycles.